The fourth-order valence-electron chi connectivity index (χ4n) is 5.78. The van der Waals surface area contributed by atoms with Crippen LogP contribution >= 0.6 is 23.2 Å². The number of ether oxygens (including phenoxy) is 4. The smallest absolute Gasteiger partial charge is 0.387 e. The molecule has 1 saturated carbocycles. The number of fused-ring (bicyclic) bond motifs is 1. The van der Waals surface area contributed by atoms with Crippen molar-refractivity contribution in [2.75, 3.05) is 39.5 Å². The first kappa shape index (κ1) is 35.6. The molecule has 2 aromatic heterocycles. The topological polar surface area (TPSA) is 128 Å². The molecular formula is C34H34Cl2F2N4O8. The highest BCUT2D eigenvalue weighted by atomic mass is 35.5. The number of alkyl halides is 2. The zero-order valence-corrected chi connectivity index (χ0v) is 28.3. The number of carbonyl (C=O) groups excluding carboxylic acids is 1. The lowest BCUT2D eigenvalue weighted by molar-refractivity contribution is -0.605. The molecule has 0 spiro atoms. The van der Waals surface area contributed by atoms with Crippen LogP contribution in [0.2, 0.25) is 10.0 Å². The van der Waals surface area contributed by atoms with Gasteiger partial charge in [0.15, 0.2) is 23.9 Å². The summed E-state index contributed by atoms with van der Waals surface area (Å²) >= 11 is 12.7. The molecule has 50 heavy (non-hydrogen) atoms. The maximum atomic E-state index is 13.8. The summed E-state index contributed by atoms with van der Waals surface area (Å²) in [7, 11) is 0. The fraction of sp³-hybridized carbons (Fsp3) is 0.412. The van der Waals surface area contributed by atoms with Crippen LogP contribution in [0.4, 0.5) is 8.78 Å². The second-order valence-electron chi connectivity index (χ2n) is 12.1. The SMILES string of the molecule is O=C(Cn1c(=O)c2ccccc2n(CCN2CCOCC2)c1=O)O[C@@H](Cc1c(Cl)c[n+]([O-])cc1Cl)c1ccc(OC(F)F)c(OCC2CC2)c1. The Bertz CT molecular complexity index is 1960. The Balaban J connectivity index is 1.32. The number of morpholine rings is 1. The molecule has 0 N–H and O–H groups in total. The maximum Gasteiger partial charge on any atom is 0.387 e. The van der Waals surface area contributed by atoms with E-state index >= 15 is 0 Å². The van der Waals surface area contributed by atoms with Crippen LogP contribution in [-0.2, 0) is 33.8 Å². The highest BCUT2D eigenvalue weighted by molar-refractivity contribution is 6.35. The Morgan fingerprint density at radius 1 is 1.00 bits per heavy atom. The van der Waals surface area contributed by atoms with Gasteiger partial charge in [-0.25, -0.2) is 9.36 Å². The molecule has 1 aliphatic heterocycles. The molecule has 2 aliphatic rings. The predicted octanol–water partition coefficient (Wildman–Crippen LogP) is 4.35. The number of hydrogen-bond donors (Lipinski definition) is 0. The van der Waals surface area contributed by atoms with E-state index < -0.39 is 36.5 Å². The summed E-state index contributed by atoms with van der Waals surface area (Å²) in [5, 5.41) is 12.2. The van der Waals surface area contributed by atoms with Crippen molar-refractivity contribution in [1.29, 1.82) is 0 Å². The number of halogens is 4. The van der Waals surface area contributed by atoms with E-state index in [0.29, 0.717) is 48.7 Å². The molecule has 4 aromatic rings. The van der Waals surface area contributed by atoms with Gasteiger partial charge in [0, 0.05) is 38.2 Å². The average Bonchev–Trinajstić information content (AvgIpc) is 3.92. The van der Waals surface area contributed by atoms with Crippen LogP contribution in [0, 0.1) is 11.1 Å². The van der Waals surface area contributed by atoms with E-state index in [1.54, 1.807) is 24.3 Å². The van der Waals surface area contributed by atoms with Gasteiger partial charge in [0.05, 0.1) is 30.7 Å². The summed E-state index contributed by atoms with van der Waals surface area (Å²) in [6.07, 6.45) is 2.72. The van der Waals surface area contributed by atoms with E-state index in [1.165, 1.54) is 22.8 Å². The minimum absolute atomic E-state index is 0.00677. The second-order valence-corrected chi connectivity index (χ2v) is 12.9. The van der Waals surface area contributed by atoms with E-state index in [9.17, 15) is 28.4 Å². The Kier molecular flexibility index (Phi) is 11.2. The molecule has 0 radical (unpaired) electrons. The standard InChI is InChI=1S/C34H34Cl2F2N4O8/c35-25-17-40(46)18-26(36)24(25)16-29(22-7-8-28(50-33(37)38)30(15-22)48-20-21-5-6-21)49-31(43)19-42-32(44)23-3-1-2-4-27(23)41(34(42)45)10-9-39-11-13-47-14-12-39/h1-4,7-8,15,17-18,21,29,33H,5-6,9-14,16,19-20H2/t29-/m0/s1. The Morgan fingerprint density at radius 3 is 2.42 bits per heavy atom. The number of carbonyl (C=O) groups is 1. The van der Waals surface area contributed by atoms with Crippen molar-refractivity contribution in [3.05, 3.63) is 102 Å². The van der Waals surface area contributed by atoms with Crippen LogP contribution in [0.1, 0.15) is 30.1 Å². The third kappa shape index (κ3) is 8.55. The zero-order valence-electron chi connectivity index (χ0n) is 26.8. The third-order valence-corrected chi connectivity index (χ3v) is 9.26. The molecule has 16 heteroatoms. The van der Waals surface area contributed by atoms with Crippen molar-refractivity contribution in [3.63, 3.8) is 0 Å². The first-order valence-corrected chi connectivity index (χ1v) is 16.8. The molecule has 3 heterocycles. The molecule has 2 fully saturated rings. The molecule has 1 saturated heterocycles. The zero-order chi connectivity index (χ0) is 35.4. The van der Waals surface area contributed by atoms with Crippen molar-refractivity contribution in [2.24, 2.45) is 5.92 Å². The van der Waals surface area contributed by atoms with E-state index in [0.717, 1.165) is 29.8 Å². The van der Waals surface area contributed by atoms with Crippen molar-refractivity contribution in [1.82, 2.24) is 14.0 Å². The van der Waals surface area contributed by atoms with E-state index in [1.807, 2.05) is 0 Å². The Labute approximate surface area is 294 Å². The van der Waals surface area contributed by atoms with Crippen molar-refractivity contribution >= 4 is 40.1 Å². The van der Waals surface area contributed by atoms with E-state index in [4.69, 9.17) is 37.4 Å². The summed E-state index contributed by atoms with van der Waals surface area (Å²) in [6.45, 7) is -0.226. The Hall–Kier alpha value is -4.24. The number of hydrogen-bond acceptors (Lipinski definition) is 9. The van der Waals surface area contributed by atoms with Gasteiger partial charge in [-0.1, -0.05) is 41.4 Å². The molecule has 0 unspecified atom stereocenters. The quantitative estimate of drug-likeness (QED) is 0.106. The first-order chi connectivity index (χ1) is 24.1. The number of rotatable bonds is 14. The van der Waals surface area contributed by atoms with Crippen molar-refractivity contribution < 1.29 is 37.3 Å². The number of para-hydroxylation sites is 1. The van der Waals surface area contributed by atoms with E-state index in [-0.39, 0.29) is 58.0 Å². The number of aromatic nitrogens is 3. The highest BCUT2D eigenvalue weighted by Gasteiger charge is 2.27. The number of nitrogens with zero attached hydrogens (tertiary/aromatic N) is 4. The molecule has 1 atom stereocenters. The van der Waals surface area contributed by atoms with Crippen LogP contribution < -0.4 is 25.5 Å². The lowest BCUT2D eigenvalue weighted by atomic mass is 10.0. The highest BCUT2D eigenvalue weighted by Crippen LogP contribution is 2.37. The number of benzene rings is 2. The van der Waals surface area contributed by atoms with Gasteiger partial charge >= 0.3 is 18.3 Å². The van der Waals surface area contributed by atoms with Gasteiger partial charge in [0.2, 0.25) is 0 Å². The molecule has 266 valence electrons. The molecule has 12 nitrogen and oxygen atoms in total. The summed E-state index contributed by atoms with van der Waals surface area (Å²) in [5.41, 5.74) is -0.355. The van der Waals surface area contributed by atoms with Gasteiger partial charge in [0.1, 0.15) is 22.7 Å². The van der Waals surface area contributed by atoms with Gasteiger partial charge < -0.3 is 24.2 Å². The number of esters is 1. The summed E-state index contributed by atoms with van der Waals surface area (Å²) < 4.78 is 51.0. The minimum atomic E-state index is -3.11. The van der Waals surface area contributed by atoms with Crippen LogP contribution in [0.15, 0.2) is 64.4 Å². The minimum Gasteiger partial charge on any atom is -0.619 e. The molecule has 0 bridgehead atoms. The normalized spacial score (nSPS) is 15.7. The second kappa shape index (κ2) is 15.8. The van der Waals surface area contributed by atoms with E-state index in [2.05, 4.69) is 9.64 Å². The van der Waals surface area contributed by atoms with Gasteiger partial charge in [0.25, 0.3) is 5.56 Å². The van der Waals surface area contributed by atoms with Gasteiger partial charge in [-0.05, 0) is 48.6 Å². The first-order valence-electron chi connectivity index (χ1n) is 16.1. The predicted molar refractivity (Wildman–Crippen MR) is 179 cm³/mol. The van der Waals surface area contributed by atoms with Crippen LogP contribution in [0.5, 0.6) is 11.5 Å². The summed E-state index contributed by atoms with van der Waals surface area (Å²) in [6, 6.07) is 10.8. The van der Waals surface area contributed by atoms with Crippen molar-refractivity contribution in [2.45, 2.75) is 45.1 Å². The lowest BCUT2D eigenvalue weighted by Crippen LogP contribution is -2.44. The molecule has 1 aliphatic carbocycles. The van der Waals surface area contributed by atoms with Crippen LogP contribution in [-0.4, -0.2) is 66.1 Å². The van der Waals surface area contributed by atoms with Gasteiger partial charge in [-0.15, -0.1) is 0 Å². The maximum absolute atomic E-state index is 13.8. The molecule has 0 amide bonds. The van der Waals surface area contributed by atoms with Crippen molar-refractivity contribution in [3.8, 4) is 11.5 Å². The third-order valence-electron chi connectivity index (χ3n) is 8.61. The lowest BCUT2D eigenvalue weighted by Gasteiger charge is -2.27. The summed E-state index contributed by atoms with van der Waals surface area (Å²) in [4.78, 5) is 43.2. The average molecular weight is 736 g/mol. The Morgan fingerprint density at radius 2 is 1.72 bits per heavy atom. The summed E-state index contributed by atoms with van der Waals surface area (Å²) in [5.74, 6) is -0.865. The molecule has 6 rings (SSSR count). The largest absolute Gasteiger partial charge is 0.619 e. The van der Waals surface area contributed by atoms with Gasteiger partial charge in [-0.3, -0.25) is 19.1 Å². The monoisotopic (exact) mass is 734 g/mol. The fourth-order valence-corrected chi connectivity index (χ4v) is 6.38. The van der Waals surface area contributed by atoms with Crippen LogP contribution in [0.3, 0.4) is 0 Å². The van der Waals surface area contributed by atoms with Gasteiger partial charge in [-0.2, -0.15) is 13.5 Å². The number of pyridine rings is 1. The molecule has 2 aromatic carbocycles. The van der Waals surface area contributed by atoms with Crippen LogP contribution in [0.25, 0.3) is 10.9 Å². The molecular weight excluding hydrogens is 701 g/mol.